The first-order valence-corrected chi connectivity index (χ1v) is 5.69. The van der Waals surface area contributed by atoms with Crippen LogP contribution in [-0.2, 0) is 11.1 Å². The van der Waals surface area contributed by atoms with E-state index >= 15 is 0 Å². The number of aliphatic hydroxyl groups is 1. The molecule has 0 saturated carbocycles. The maximum atomic E-state index is 10.6. The van der Waals surface area contributed by atoms with Crippen molar-refractivity contribution in [3.8, 4) is 0 Å². The van der Waals surface area contributed by atoms with Gasteiger partial charge in [-0.05, 0) is 29.8 Å². The van der Waals surface area contributed by atoms with Crippen LogP contribution in [0.5, 0.6) is 0 Å². The third-order valence-electron chi connectivity index (χ3n) is 2.14. The van der Waals surface area contributed by atoms with Crippen LogP contribution in [0.2, 0.25) is 0 Å². The molecule has 1 rings (SSSR count). The monoisotopic (exact) mass is 230 g/mol. The molecule has 0 bridgehead atoms. The van der Waals surface area contributed by atoms with Crippen molar-refractivity contribution in [2.24, 2.45) is 0 Å². The van der Waals surface area contributed by atoms with Gasteiger partial charge in [-0.1, -0.05) is 0 Å². The summed E-state index contributed by atoms with van der Waals surface area (Å²) in [6, 6.07) is 7.01. The molecular formula is C10H16NO3S+. The predicted molar refractivity (Wildman–Crippen MR) is 61.7 cm³/mol. The summed E-state index contributed by atoms with van der Waals surface area (Å²) in [7, 11) is 6.07. The lowest BCUT2D eigenvalue weighted by molar-refractivity contribution is 0.251. The van der Waals surface area contributed by atoms with Crippen LogP contribution in [0.25, 0.3) is 0 Å². The van der Waals surface area contributed by atoms with Crippen LogP contribution in [0.4, 0.5) is 5.69 Å². The Balaban J connectivity index is 2.95. The largest absolute Gasteiger partial charge is 0.373 e. The van der Waals surface area contributed by atoms with Gasteiger partial charge >= 0.3 is 0 Å². The van der Waals surface area contributed by atoms with Gasteiger partial charge in [0.15, 0.2) is 16.5 Å². The van der Waals surface area contributed by atoms with E-state index in [-0.39, 0.29) is 0 Å². The summed E-state index contributed by atoms with van der Waals surface area (Å²) >= 11 is -2.24. The molecule has 0 aliphatic rings. The highest BCUT2D eigenvalue weighted by atomic mass is 32.2. The summed E-state index contributed by atoms with van der Waals surface area (Å²) in [6.45, 7) is 0. The van der Waals surface area contributed by atoms with Gasteiger partial charge in [-0.25, -0.2) is 4.21 Å². The second-order valence-electron chi connectivity index (χ2n) is 4.23. The van der Waals surface area contributed by atoms with E-state index in [2.05, 4.69) is 0 Å². The molecule has 15 heavy (non-hydrogen) atoms. The second-order valence-corrected chi connectivity index (χ2v) is 5.23. The molecule has 84 valence electrons. The molecule has 0 spiro atoms. The quantitative estimate of drug-likeness (QED) is 0.604. The molecule has 0 fully saturated rings. The predicted octanol–water partition coefficient (Wildman–Crippen LogP) is 1.10. The van der Waals surface area contributed by atoms with Crippen LogP contribution >= 0.6 is 0 Å². The third-order valence-corrected chi connectivity index (χ3v) is 2.80. The Morgan fingerprint density at radius 3 is 2.00 bits per heavy atom. The summed E-state index contributed by atoms with van der Waals surface area (Å²) in [6.07, 6.45) is 0. The fourth-order valence-electron chi connectivity index (χ4n) is 1.20. The van der Waals surface area contributed by atoms with E-state index in [9.17, 15) is 9.32 Å². The van der Waals surface area contributed by atoms with E-state index in [1.54, 1.807) is 12.1 Å². The van der Waals surface area contributed by atoms with Crippen LogP contribution in [-0.4, -0.2) is 35.0 Å². The van der Waals surface area contributed by atoms with Crippen LogP contribution in [0.15, 0.2) is 24.3 Å². The summed E-state index contributed by atoms with van der Waals surface area (Å²) < 4.78 is 20.0. The van der Waals surface area contributed by atoms with Crippen LogP contribution in [0.3, 0.4) is 0 Å². The summed E-state index contributed by atoms with van der Waals surface area (Å²) in [5, 5.41) is 9.34. The number of rotatable bonds is 3. The van der Waals surface area contributed by atoms with Crippen molar-refractivity contribution in [1.82, 2.24) is 4.48 Å². The first-order valence-electron chi connectivity index (χ1n) is 4.52. The average molecular weight is 230 g/mol. The van der Waals surface area contributed by atoms with E-state index in [4.69, 9.17) is 4.55 Å². The Morgan fingerprint density at radius 1 is 1.20 bits per heavy atom. The average Bonchev–Trinajstić information content (AvgIpc) is 2.15. The fraction of sp³-hybridized carbons (Fsp3) is 0.400. The number of hydrogen-bond donors (Lipinski definition) is 2. The highest BCUT2D eigenvalue weighted by Gasteiger charge is 2.16. The van der Waals surface area contributed by atoms with E-state index in [1.807, 2.05) is 33.3 Å². The molecule has 0 aliphatic carbocycles. The number of nitrogens with zero attached hydrogens (tertiary/aromatic N) is 1. The zero-order chi connectivity index (χ0) is 11.6. The molecule has 0 heterocycles. The zero-order valence-corrected chi connectivity index (χ0v) is 9.86. The molecule has 5 heteroatoms. The third kappa shape index (κ3) is 3.10. The minimum atomic E-state index is -2.24. The SMILES string of the molecule is C[N+](C)(C)c1ccc(C(O)S(=O)O)cc1. The Labute approximate surface area is 92.0 Å². The van der Waals surface area contributed by atoms with E-state index < -0.39 is 16.5 Å². The Kier molecular flexibility index (Phi) is 3.62. The van der Waals surface area contributed by atoms with Crippen molar-refractivity contribution in [2.75, 3.05) is 21.1 Å². The summed E-state index contributed by atoms with van der Waals surface area (Å²) in [5.41, 5.74) is 0.189. The number of benzene rings is 1. The molecule has 2 N–H and O–H groups in total. The van der Waals surface area contributed by atoms with Gasteiger partial charge in [0.25, 0.3) is 0 Å². The van der Waals surface area contributed by atoms with E-state index in [0.717, 1.165) is 5.69 Å². The Morgan fingerprint density at radius 2 is 1.67 bits per heavy atom. The summed E-state index contributed by atoms with van der Waals surface area (Å²) in [4.78, 5) is 0. The van der Waals surface area contributed by atoms with Crippen molar-refractivity contribution in [2.45, 2.75) is 5.44 Å². The molecule has 1 aromatic rings. The lowest BCUT2D eigenvalue weighted by Crippen LogP contribution is -2.34. The zero-order valence-electron chi connectivity index (χ0n) is 9.04. The van der Waals surface area contributed by atoms with E-state index in [0.29, 0.717) is 10.0 Å². The first kappa shape index (κ1) is 12.3. The van der Waals surface area contributed by atoms with Crippen molar-refractivity contribution < 1.29 is 13.9 Å². The highest BCUT2D eigenvalue weighted by molar-refractivity contribution is 7.79. The lowest BCUT2D eigenvalue weighted by atomic mass is 10.2. The van der Waals surface area contributed by atoms with Gasteiger partial charge in [0.2, 0.25) is 0 Å². The minimum absolute atomic E-state index is 0.452. The normalized spacial score (nSPS) is 16.1. The van der Waals surface area contributed by atoms with Gasteiger partial charge in [-0.2, -0.15) is 0 Å². The van der Waals surface area contributed by atoms with Gasteiger partial charge in [0, 0.05) is 0 Å². The standard InChI is InChI=1S/C10H15NO3S/c1-11(2,3)9-6-4-8(5-7-9)10(12)15(13)14/h4-7,10,12H,1-3H3/p+1. The molecule has 2 unspecified atom stereocenters. The Bertz CT molecular complexity index is 356. The highest BCUT2D eigenvalue weighted by Crippen LogP contribution is 2.21. The number of aliphatic hydroxyl groups excluding tert-OH is 1. The number of quaternary nitrogens is 1. The van der Waals surface area contributed by atoms with Gasteiger partial charge in [-0.15, -0.1) is 0 Å². The van der Waals surface area contributed by atoms with Crippen molar-refractivity contribution in [3.05, 3.63) is 29.8 Å². The Hall–Kier alpha value is -0.750. The van der Waals surface area contributed by atoms with Gasteiger partial charge < -0.3 is 9.66 Å². The van der Waals surface area contributed by atoms with Gasteiger partial charge in [0.05, 0.1) is 21.1 Å². The maximum Gasteiger partial charge on any atom is 0.187 e. The maximum absolute atomic E-state index is 10.6. The molecule has 0 aromatic heterocycles. The molecule has 0 radical (unpaired) electrons. The molecular weight excluding hydrogens is 214 g/mol. The van der Waals surface area contributed by atoms with Crippen LogP contribution in [0.1, 0.15) is 11.0 Å². The van der Waals surface area contributed by atoms with Crippen LogP contribution in [0, 0.1) is 0 Å². The molecule has 2 atom stereocenters. The molecule has 4 nitrogen and oxygen atoms in total. The van der Waals surface area contributed by atoms with Gasteiger partial charge in [0.1, 0.15) is 5.69 Å². The minimum Gasteiger partial charge on any atom is -0.373 e. The lowest BCUT2D eigenvalue weighted by Gasteiger charge is -2.23. The number of hydrogen-bond acceptors (Lipinski definition) is 2. The fourth-order valence-corrected chi connectivity index (χ4v) is 1.59. The smallest absolute Gasteiger partial charge is 0.187 e. The van der Waals surface area contributed by atoms with Crippen molar-refractivity contribution in [3.63, 3.8) is 0 Å². The topological polar surface area (TPSA) is 57.5 Å². The molecule has 1 aromatic carbocycles. The van der Waals surface area contributed by atoms with Gasteiger partial charge in [-0.3, -0.25) is 4.48 Å². The summed E-state index contributed by atoms with van der Waals surface area (Å²) in [5.74, 6) is 0. The van der Waals surface area contributed by atoms with E-state index in [1.165, 1.54) is 0 Å². The van der Waals surface area contributed by atoms with Crippen molar-refractivity contribution >= 4 is 16.8 Å². The van der Waals surface area contributed by atoms with Crippen molar-refractivity contribution in [1.29, 1.82) is 0 Å². The van der Waals surface area contributed by atoms with Crippen LogP contribution < -0.4 is 4.48 Å². The molecule has 0 saturated heterocycles. The first-order chi connectivity index (χ1) is 6.82. The second kappa shape index (κ2) is 4.40. The molecule has 0 aliphatic heterocycles. The molecule has 0 amide bonds.